The van der Waals surface area contributed by atoms with Gasteiger partial charge in [-0.1, -0.05) is 0 Å². The monoisotopic (exact) mass is 290 g/mol. The number of halogens is 3. The number of ether oxygens (including phenoxy) is 1. The maximum atomic E-state index is 12.9. The van der Waals surface area contributed by atoms with Crippen LogP contribution in [0.4, 0.5) is 13.2 Å². The van der Waals surface area contributed by atoms with Crippen LogP contribution in [-0.4, -0.2) is 28.4 Å². The second kappa shape index (κ2) is 5.32. The average molecular weight is 290 g/mol. The number of carboxylic acids is 1. The highest BCUT2D eigenvalue weighted by atomic mass is 19.4. The average Bonchev–Trinajstić information content (AvgIpc) is 2.74. The van der Waals surface area contributed by atoms with E-state index in [2.05, 4.69) is 0 Å². The molecule has 0 aliphatic heterocycles. The molecule has 20 heavy (non-hydrogen) atoms. The van der Waals surface area contributed by atoms with Crippen molar-refractivity contribution in [2.24, 2.45) is 0 Å². The largest absolute Gasteiger partial charge is 0.487 e. The van der Waals surface area contributed by atoms with Gasteiger partial charge in [0.15, 0.2) is 0 Å². The molecule has 0 spiro atoms. The predicted molar refractivity (Wildman–Crippen MR) is 62.7 cm³/mol. The lowest BCUT2D eigenvalue weighted by molar-refractivity contribution is -0.139. The molecule has 2 N–H and O–H groups in total. The molecule has 1 aromatic carbocycles. The number of rotatable bonds is 3. The van der Waals surface area contributed by atoms with Crippen LogP contribution >= 0.6 is 0 Å². The predicted octanol–water partition coefficient (Wildman–Crippen LogP) is 2.70. The van der Waals surface area contributed by atoms with Crippen molar-refractivity contribution in [3.05, 3.63) is 29.3 Å². The van der Waals surface area contributed by atoms with Crippen molar-refractivity contribution < 1.29 is 32.9 Å². The molecule has 1 saturated carbocycles. The number of alkyl halides is 3. The lowest BCUT2D eigenvalue weighted by atomic mass is 10.1. The number of hydrogen-bond acceptors (Lipinski definition) is 3. The summed E-state index contributed by atoms with van der Waals surface area (Å²) >= 11 is 0. The first-order valence-corrected chi connectivity index (χ1v) is 6.08. The van der Waals surface area contributed by atoms with E-state index in [0.29, 0.717) is 25.3 Å². The van der Waals surface area contributed by atoms with Gasteiger partial charge in [-0.3, -0.25) is 0 Å². The van der Waals surface area contributed by atoms with Crippen LogP contribution in [-0.2, 0) is 6.18 Å². The molecule has 110 valence electrons. The summed E-state index contributed by atoms with van der Waals surface area (Å²) in [5.74, 6) is -1.89. The highest BCUT2D eigenvalue weighted by Crippen LogP contribution is 2.38. The summed E-state index contributed by atoms with van der Waals surface area (Å²) < 4.78 is 44.0. The highest BCUT2D eigenvalue weighted by molar-refractivity contribution is 5.88. The minimum Gasteiger partial charge on any atom is -0.487 e. The van der Waals surface area contributed by atoms with Crippen LogP contribution < -0.4 is 4.74 Å². The Morgan fingerprint density at radius 3 is 2.50 bits per heavy atom. The molecule has 0 bridgehead atoms. The van der Waals surface area contributed by atoms with Crippen LogP contribution in [0.2, 0.25) is 0 Å². The SMILES string of the molecule is O=C(O)c1ccc(OC2CCCC2O)c(C(F)(F)F)c1. The molecule has 0 aromatic heterocycles. The molecule has 4 nitrogen and oxygen atoms in total. The maximum absolute atomic E-state index is 12.9. The lowest BCUT2D eigenvalue weighted by Gasteiger charge is -2.20. The van der Waals surface area contributed by atoms with Crippen LogP contribution in [0.15, 0.2) is 18.2 Å². The van der Waals surface area contributed by atoms with Crippen LogP contribution in [0.3, 0.4) is 0 Å². The second-order valence-electron chi connectivity index (χ2n) is 4.67. The number of hydrogen-bond donors (Lipinski definition) is 2. The molecule has 1 fully saturated rings. The zero-order chi connectivity index (χ0) is 14.9. The Morgan fingerprint density at radius 1 is 1.30 bits per heavy atom. The molecule has 7 heteroatoms. The summed E-state index contributed by atoms with van der Waals surface area (Å²) in [6.07, 6.45) is -4.56. The minimum absolute atomic E-state index is 0.451. The van der Waals surface area contributed by atoms with Gasteiger partial charge in [0.05, 0.1) is 17.2 Å². The zero-order valence-electron chi connectivity index (χ0n) is 10.4. The molecule has 1 aliphatic rings. The Morgan fingerprint density at radius 2 is 2.00 bits per heavy atom. The highest BCUT2D eigenvalue weighted by Gasteiger charge is 2.37. The van der Waals surface area contributed by atoms with Gasteiger partial charge in [-0.15, -0.1) is 0 Å². The van der Waals surface area contributed by atoms with E-state index in [0.717, 1.165) is 12.1 Å². The van der Waals surface area contributed by atoms with Crippen molar-refractivity contribution in [2.75, 3.05) is 0 Å². The van der Waals surface area contributed by atoms with E-state index in [1.54, 1.807) is 0 Å². The topological polar surface area (TPSA) is 66.8 Å². The van der Waals surface area contributed by atoms with Crippen LogP contribution in [0.25, 0.3) is 0 Å². The molecule has 1 aromatic rings. The van der Waals surface area contributed by atoms with Crippen molar-refractivity contribution in [3.8, 4) is 5.75 Å². The smallest absolute Gasteiger partial charge is 0.419 e. The Hall–Kier alpha value is -1.76. The van der Waals surface area contributed by atoms with E-state index in [9.17, 15) is 23.1 Å². The number of aliphatic hydroxyl groups is 1. The summed E-state index contributed by atoms with van der Waals surface area (Å²) in [4.78, 5) is 10.7. The summed E-state index contributed by atoms with van der Waals surface area (Å²) in [5, 5.41) is 18.3. The van der Waals surface area contributed by atoms with E-state index < -0.39 is 41.2 Å². The van der Waals surface area contributed by atoms with Crippen molar-refractivity contribution >= 4 is 5.97 Å². The van der Waals surface area contributed by atoms with Crippen LogP contribution in [0.5, 0.6) is 5.75 Å². The lowest BCUT2D eigenvalue weighted by Crippen LogP contribution is -2.26. The fraction of sp³-hybridized carbons (Fsp3) is 0.462. The zero-order valence-corrected chi connectivity index (χ0v) is 10.4. The van der Waals surface area contributed by atoms with Crippen LogP contribution in [0.1, 0.15) is 35.2 Å². The van der Waals surface area contributed by atoms with E-state index in [1.807, 2.05) is 0 Å². The normalized spacial score (nSPS) is 22.8. The standard InChI is InChI=1S/C13H13F3O4/c14-13(15,16)8-6-7(12(18)19)4-5-10(8)20-11-3-1-2-9(11)17/h4-6,9,11,17H,1-3H2,(H,18,19). The van der Waals surface area contributed by atoms with Gasteiger partial charge in [-0.05, 0) is 37.5 Å². The summed E-state index contributed by atoms with van der Waals surface area (Å²) in [7, 11) is 0. The third kappa shape index (κ3) is 3.04. The van der Waals surface area contributed by atoms with Gasteiger partial charge >= 0.3 is 12.1 Å². The first-order valence-electron chi connectivity index (χ1n) is 6.08. The van der Waals surface area contributed by atoms with Gasteiger partial charge < -0.3 is 14.9 Å². The summed E-state index contributed by atoms with van der Waals surface area (Å²) in [6, 6.07) is 2.57. The number of benzene rings is 1. The first kappa shape index (κ1) is 14.6. The third-order valence-electron chi connectivity index (χ3n) is 3.23. The van der Waals surface area contributed by atoms with E-state index >= 15 is 0 Å². The van der Waals surface area contributed by atoms with E-state index in [1.165, 1.54) is 0 Å². The van der Waals surface area contributed by atoms with Crippen LogP contribution in [0, 0.1) is 0 Å². The Labute approximate surface area is 112 Å². The Balaban J connectivity index is 2.34. The molecule has 0 heterocycles. The van der Waals surface area contributed by atoms with Gasteiger partial charge in [-0.25, -0.2) is 4.79 Å². The maximum Gasteiger partial charge on any atom is 0.419 e. The summed E-state index contributed by atoms with van der Waals surface area (Å²) in [5.41, 5.74) is -1.60. The minimum atomic E-state index is -4.72. The molecule has 2 atom stereocenters. The quantitative estimate of drug-likeness (QED) is 0.898. The molecule has 2 unspecified atom stereocenters. The van der Waals surface area contributed by atoms with E-state index in [4.69, 9.17) is 9.84 Å². The van der Waals surface area contributed by atoms with Gasteiger partial charge in [0.2, 0.25) is 0 Å². The molecule has 0 radical (unpaired) electrons. The molecular weight excluding hydrogens is 277 g/mol. The molecule has 0 saturated heterocycles. The van der Waals surface area contributed by atoms with Gasteiger partial charge in [-0.2, -0.15) is 13.2 Å². The molecular formula is C13H13F3O4. The third-order valence-corrected chi connectivity index (χ3v) is 3.23. The second-order valence-corrected chi connectivity index (χ2v) is 4.67. The number of aliphatic hydroxyl groups excluding tert-OH is 1. The number of carbonyl (C=O) groups is 1. The molecule has 2 rings (SSSR count). The van der Waals surface area contributed by atoms with Crippen molar-refractivity contribution in [3.63, 3.8) is 0 Å². The number of aromatic carboxylic acids is 1. The fourth-order valence-corrected chi connectivity index (χ4v) is 2.19. The first-order chi connectivity index (χ1) is 9.29. The van der Waals surface area contributed by atoms with Crippen molar-refractivity contribution in [1.29, 1.82) is 0 Å². The van der Waals surface area contributed by atoms with Crippen molar-refractivity contribution in [2.45, 2.75) is 37.6 Å². The Bertz CT molecular complexity index is 513. The fourth-order valence-electron chi connectivity index (χ4n) is 2.19. The Kier molecular flexibility index (Phi) is 3.89. The molecule has 1 aliphatic carbocycles. The van der Waals surface area contributed by atoms with Gasteiger partial charge in [0, 0.05) is 0 Å². The number of carboxylic acid groups (broad SMARTS) is 1. The van der Waals surface area contributed by atoms with E-state index in [-0.39, 0.29) is 0 Å². The van der Waals surface area contributed by atoms with Gasteiger partial charge in [0.25, 0.3) is 0 Å². The summed E-state index contributed by atoms with van der Waals surface area (Å²) in [6.45, 7) is 0. The van der Waals surface area contributed by atoms with Gasteiger partial charge in [0.1, 0.15) is 11.9 Å². The van der Waals surface area contributed by atoms with Crippen molar-refractivity contribution in [1.82, 2.24) is 0 Å². The molecule has 0 amide bonds.